The molecule has 0 radical (unpaired) electrons. The van der Waals surface area contributed by atoms with Crippen molar-refractivity contribution in [1.82, 2.24) is 0 Å². The van der Waals surface area contributed by atoms with Gasteiger partial charge in [-0.1, -0.05) is 6.07 Å². The molecule has 0 aromatic heterocycles. The average molecular weight is 478 g/mol. The van der Waals surface area contributed by atoms with Crippen molar-refractivity contribution in [3.63, 3.8) is 0 Å². The van der Waals surface area contributed by atoms with Crippen molar-refractivity contribution in [2.24, 2.45) is 5.92 Å². The van der Waals surface area contributed by atoms with Crippen molar-refractivity contribution in [1.29, 1.82) is 0 Å². The lowest BCUT2D eigenvalue weighted by Gasteiger charge is -2.64. The summed E-state index contributed by atoms with van der Waals surface area (Å²) in [4.78, 5) is 24.6. The second kappa shape index (κ2) is 6.30. The van der Waals surface area contributed by atoms with E-state index in [9.17, 15) is 14.7 Å². The van der Waals surface area contributed by atoms with Gasteiger partial charge in [-0.2, -0.15) is 0 Å². The molecule has 3 fully saturated rings. The summed E-state index contributed by atoms with van der Waals surface area (Å²) in [6.45, 7) is 3.41. The molecule has 6 nitrogen and oxygen atoms in total. The second-order valence-electron chi connectivity index (χ2n) is 10.2. The molecule has 2 heterocycles. The highest BCUT2D eigenvalue weighted by atomic mass is 79.9. The van der Waals surface area contributed by atoms with Crippen LogP contribution < -0.4 is 26.5 Å². The highest BCUT2D eigenvalue weighted by Crippen LogP contribution is 2.66. The first kappa shape index (κ1) is 20.5. The fourth-order valence-electron chi connectivity index (χ4n) is 7.16. The number of carbonyl (C=O) groups is 2. The van der Waals surface area contributed by atoms with Crippen molar-refractivity contribution in [2.75, 3.05) is 20.1 Å². The fourth-order valence-corrected chi connectivity index (χ4v) is 7.16. The minimum Gasteiger partial charge on any atom is -1.00 e. The number of halogens is 1. The number of Topliss-reactive ketones (excluding diaryl/α,β-unsaturated/α-hetero) is 1. The zero-order valence-corrected chi connectivity index (χ0v) is 19.0. The molecule has 1 saturated heterocycles. The van der Waals surface area contributed by atoms with Gasteiger partial charge < -0.3 is 36.0 Å². The second-order valence-corrected chi connectivity index (χ2v) is 10.2. The summed E-state index contributed by atoms with van der Waals surface area (Å²) in [5, 5.41) is 12.3. The summed E-state index contributed by atoms with van der Waals surface area (Å²) < 4.78 is 12.6. The fraction of sp³-hybridized carbons (Fsp3) is 0.652. The number of benzene rings is 1. The number of likely N-dealkylation sites (N-methyl/N-ethyl adjacent to an activating group) is 1. The van der Waals surface area contributed by atoms with Crippen LogP contribution in [0.1, 0.15) is 50.2 Å². The van der Waals surface area contributed by atoms with Crippen molar-refractivity contribution < 1.29 is 45.6 Å². The van der Waals surface area contributed by atoms with Gasteiger partial charge in [0.15, 0.2) is 23.4 Å². The monoisotopic (exact) mass is 477 g/mol. The molecular formula is C23H28BrNO5. The van der Waals surface area contributed by atoms with Gasteiger partial charge in [0.1, 0.15) is 11.6 Å². The van der Waals surface area contributed by atoms with Crippen LogP contribution >= 0.6 is 0 Å². The van der Waals surface area contributed by atoms with Crippen molar-refractivity contribution in [3.05, 3.63) is 23.3 Å². The number of ether oxygens (including phenoxy) is 2. The van der Waals surface area contributed by atoms with Crippen LogP contribution in [0, 0.1) is 5.92 Å². The third kappa shape index (κ3) is 2.37. The van der Waals surface area contributed by atoms with Gasteiger partial charge in [-0.15, -0.1) is 0 Å². The molecule has 2 saturated carbocycles. The largest absolute Gasteiger partial charge is 1.00 e. The molecule has 1 aromatic rings. The van der Waals surface area contributed by atoms with Crippen molar-refractivity contribution >= 4 is 11.8 Å². The molecule has 0 amide bonds. The van der Waals surface area contributed by atoms with Gasteiger partial charge in [0.05, 0.1) is 25.6 Å². The molecule has 1 aromatic carbocycles. The Morgan fingerprint density at radius 2 is 2.10 bits per heavy atom. The Morgan fingerprint density at radius 3 is 2.80 bits per heavy atom. The van der Waals surface area contributed by atoms with Crippen LogP contribution in [-0.2, 0) is 21.4 Å². The Morgan fingerprint density at radius 1 is 1.33 bits per heavy atom. The van der Waals surface area contributed by atoms with E-state index in [1.54, 1.807) is 6.07 Å². The maximum absolute atomic E-state index is 13.0. The minimum atomic E-state index is -0.972. The third-order valence-electron chi connectivity index (χ3n) is 8.51. The van der Waals surface area contributed by atoms with Crippen LogP contribution in [0.3, 0.4) is 0 Å². The Balaban J connectivity index is 0.00000193. The lowest BCUT2D eigenvalue weighted by molar-refractivity contribution is -0.950. The lowest BCUT2D eigenvalue weighted by atomic mass is 9.48. The Bertz CT molecular complexity index is 961. The standard InChI is InChI=1S/C23H28NO5.BrH/c1-13(25)28-17-6-5-15-11-18-23(27)8-7-16(26)21-22(23,19(15)20(17)29-21)9-10-24(18,2)12-14-3-4-14;/h5-6,14,18,21,27H,3-4,7-12H2,1-2H3;1H/q+1;/p-1/t18-,21+,22+,23-,24+;/m1./s1. The molecule has 5 atom stereocenters. The molecule has 0 unspecified atom stereocenters. The molecule has 2 bridgehead atoms. The van der Waals surface area contributed by atoms with Crippen LogP contribution in [0.2, 0.25) is 0 Å². The van der Waals surface area contributed by atoms with E-state index in [0.717, 1.165) is 47.5 Å². The number of quaternary nitrogens is 1. The number of carbonyl (C=O) groups excluding carboxylic acids is 2. The molecule has 30 heavy (non-hydrogen) atoms. The molecule has 7 heteroatoms. The molecule has 1 spiro atoms. The van der Waals surface area contributed by atoms with E-state index in [0.29, 0.717) is 24.3 Å². The SMILES string of the molecule is CC(=O)Oc1ccc2c3c1O[C@H]1C(=O)CC[C@@]4(O)[C@@H](C2)[N@+](C)(CC2CC2)CC[C@]314.[Br-]. The summed E-state index contributed by atoms with van der Waals surface area (Å²) in [6, 6.07) is 3.87. The van der Waals surface area contributed by atoms with E-state index in [2.05, 4.69) is 7.05 Å². The topological polar surface area (TPSA) is 72.8 Å². The Hall–Kier alpha value is -1.44. The number of hydrogen-bond donors (Lipinski definition) is 1. The van der Waals surface area contributed by atoms with Gasteiger partial charge in [0.25, 0.3) is 0 Å². The number of aliphatic hydroxyl groups is 1. The minimum absolute atomic E-state index is 0. The summed E-state index contributed by atoms with van der Waals surface area (Å²) >= 11 is 0. The number of hydrogen-bond acceptors (Lipinski definition) is 5. The summed E-state index contributed by atoms with van der Waals surface area (Å²) in [5.41, 5.74) is 0.391. The quantitative estimate of drug-likeness (QED) is 0.339. The van der Waals surface area contributed by atoms with Gasteiger partial charge in [-0.3, -0.25) is 9.59 Å². The molecule has 5 aliphatic rings. The number of rotatable bonds is 3. The Labute approximate surface area is 186 Å². The number of piperidine rings is 1. The van der Waals surface area contributed by atoms with Crippen molar-refractivity contribution in [2.45, 2.75) is 68.6 Å². The maximum Gasteiger partial charge on any atom is 0.308 e. The first-order valence-corrected chi connectivity index (χ1v) is 10.9. The van der Waals surface area contributed by atoms with Gasteiger partial charge in [-0.25, -0.2) is 0 Å². The van der Waals surface area contributed by atoms with Crippen LogP contribution in [0.15, 0.2) is 12.1 Å². The highest BCUT2D eigenvalue weighted by Gasteiger charge is 2.76. The zero-order valence-electron chi connectivity index (χ0n) is 17.4. The average Bonchev–Trinajstić information content (AvgIpc) is 3.38. The highest BCUT2D eigenvalue weighted by molar-refractivity contribution is 5.90. The van der Waals surface area contributed by atoms with E-state index in [-0.39, 0.29) is 28.8 Å². The molecular weight excluding hydrogens is 450 g/mol. The van der Waals surface area contributed by atoms with Gasteiger partial charge in [-0.05, 0) is 30.9 Å². The van der Waals surface area contributed by atoms with Gasteiger partial charge in [0, 0.05) is 37.7 Å². The van der Waals surface area contributed by atoms with Gasteiger partial charge in [0.2, 0.25) is 0 Å². The van der Waals surface area contributed by atoms with E-state index in [1.807, 2.05) is 6.07 Å². The first-order chi connectivity index (χ1) is 13.8. The molecule has 162 valence electrons. The van der Waals surface area contributed by atoms with E-state index >= 15 is 0 Å². The molecule has 3 aliphatic carbocycles. The van der Waals surface area contributed by atoms with Crippen molar-refractivity contribution in [3.8, 4) is 11.5 Å². The zero-order chi connectivity index (χ0) is 20.2. The predicted molar refractivity (Wildman–Crippen MR) is 104 cm³/mol. The summed E-state index contributed by atoms with van der Waals surface area (Å²) in [5.74, 6) is 1.29. The molecule has 6 rings (SSSR count). The number of nitrogens with zero attached hydrogens (tertiary/aromatic N) is 1. The summed E-state index contributed by atoms with van der Waals surface area (Å²) in [6.07, 6.45) is 4.24. The smallest absolute Gasteiger partial charge is 0.308 e. The Kier molecular flexibility index (Phi) is 4.30. The van der Waals surface area contributed by atoms with Crippen LogP contribution in [-0.4, -0.2) is 59.2 Å². The van der Waals surface area contributed by atoms with Gasteiger partial charge >= 0.3 is 5.97 Å². The van der Waals surface area contributed by atoms with Crippen LogP contribution in [0.5, 0.6) is 11.5 Å². The van der Waals surface area contributed by atoms with Crippen LogP contribution in [0.25, 0.3) is 0 Å². The maximum atomic E-state index is 13.0. The number of likely N-dealkylation sites (tertiary alicyclic amines) is 1. The van der Waals surface area contributed by atoms with Crippen LogP contribution in [0.4, 0.5) is 0 Å². The first-order valence-electron chi connectivity index (χ1n) is 10.9. The predicted octanol–water partition coefficient (Wildman–Crippen LogP) is -1.11. The summed E-state index contributed by atoms with van der Waals surface area (Å²) in [7, 11) is 2.30. The normalized spacial score (nSPS) is 40.2. The number of esters is 1. The van der Waals surface area contributed by atoms with E-state index < -0.39 is 23.1 Å². The number of ketones is 1. The third-order valence-corrected chi connectivity index (χ3v) is 8.51. The van der Waals surface area contributed by atoms with E-state index in [1.165, 1.54) is 19.8 Å². The van der Waals surface area contributed by atoms with E-state index in [4.69, 9.17) is 9.47 Å². The molecule has 2 aliphatic heterocycles. The molecule has 1 N–H and O–H groups in total. The lowest BCUT2D eigenvalue weighted by Crippen LogP contribution is -3.00.